The first kappa shape index (κ1) is 12.4. The van der Waals surface area contributed by atoms with Crippen LogP contribution in [0.3, 0.4) is 0 Å². The molecule has 2 aliphatic rings. The van der Waals surface area contributed by atoms with Crippen LogP contribution in [0.5, 0.6) is 0 Å². The molecule has 1 heterocycles. The van der Waals surface area contributed by atoms with E-state index in [9.17, 15) is 4.79 Å². The summed E-state index contributed by atoms with van der Waals surface area (Å²) in [4.78, 5) is 11.7. The van der Waals surface area contributed by atoms with Crippen molar-refractivity contribution < 1.29 is 9.53 Å². The molecule has 0 bridgehead atoms. The number of ketones is 1. The van der Waals surface area contributed by atoms with Gasteiger partial charge in [-0.15, -0.1) is 0 Å². The van der Waals surface area contributed by atoms with Gasteiger partial charge in [-0.05, 0) is 32.6 Å². The minimum atomic E-state index is -0.557. The van der Waals surface area contributed by atoms with Crippen molar-refractivity contribution in [2.24, 2.45) is 5.73 Å². The van der Waals surface area contributed by atoms with Gasteiger partial charge in [0.2, 0.25) is 0 Å². The Morgan fingerprint density at radius 1 is 1.73 bits per heavy atom. The van der Waals surface area contributed by atoms with Crippen LogP contribution in [0.25, 0.3) is 0 Å². The molecule has 2 rings (SSSR count). The van der Waals surface area contributed by atoms with Crippen LogP contribution in [0.4, 0.5) is 0 Å². The first-order valence-corrected chi connectivity index (χ1v) is 5.23. The van der Waals surface area contributed by atoms with E-state index in [1.807, 2.05) is 6.92 Å². The zero-order valence-corrected chi connectivity index (χ0v) is 8.58. The molecule has 0 aromatic heterocycles. The fourth-order valence-electron chi connectivity index (χ4n) is 1.94. The maximum atomic E-state index is 11.7. The molecule has 0 amide bonds. The first-order chi connectivity index (χ1) is 6.62. The number of allylic oxidation sites excluding steroid dienone is 1. The third-order valence-corrected chi connectivity index (χ3v) is 3.05. The molecule has 1 fully saturated rings. The monoisotopic (exact) mass is 211 g/mol. The summed E-state index contributed by atoms with van der Waals surface area (Å²) in [7, 11) is 0. The van der Waals surface area contributed by atoms with Crippen LogP contribution >= 0.6 is 0 Å². The van der Waals surface area contributed by atoms with Crippen LogP contribution in [0.1, 0.15) is 40.0 Å². The molecule has 0 saturated carbocycles. The van der Waals surface area contributed by atoms with E-state index in [0.717, 1.165) is 19.3 Å². The van der Waals surface area contributed by atoms with E-state index in [2.05, 4.69) is 6.08 Å². The lowest BCUT2D eigenvalue weighted by Crippen LogP contribution is -2.39. The Kier molecular flexibility index (Phi) is 3.68. The fourth-order valence-corrected chi connectivity index (χ4v) is 1.94. The maximum absolute atomic E-state index is 11.7. The highest BCUT2D eigenvalue weighted by Crippen LogP contribution is 2.30. The van der Waals surface area contributed by atoms with Gasteiger partial charge in [-0.1, -0.05) is 19.1 Å². The molecule has 0 aromatic rings. The van der Waals surface area contributed by atoms with E-state index in [1.165, 1.54) is 12.0 Å². The predicted molar refractivity (Wildman–Crippen MR) is 60.6 cm³/mol. The number of hydrogen-bond acceptors (Lipinski definition) is 3. The van der Waals surface area contributed by atoms with E-state index in [-0.39, 0.29) is 19.3 Å². The third-order valence-electron chi connectivity index (χ3n) is 3.05. The zero-order valence-electron chi connectivity index (χ0n) is 8.58. The molecule has 2 N–H and O–H groups in total. The van der Waals surface area contributed by atoms with E-state index in [4.69, 9.17) is 10.5 Å². The van der Waals surface area contributed by atoms with Gasteiger partial charge in [-0.25, -0.2) is 0 Å². The fraction of sp³-hybridized carbons (Fsp3) is 0.750. The molecule has 0 spiro atoms. The summed E-state index contributed by atoms with van der Waals surface area (Å²) in [5.41, 5.74) is 6.64. The number of nitrogens with two attached hydrogens (primary N) is 1. The Morgan fingerprint density at radius 2 is 2.40 bits per heavy atom. The van der Waals surface area contributed by atoms with Crippen molar-refractivity contribution in [2.75, 3.05) is 6.61 Å². The Hall–Kier alpha value is -0.670. The number of rotatable bonds is 4. The summed E-state index contributed by atoms with van der Waals surface area (Å²) >= 11 is 0. The molecule has 1 aliphatic heterocycles. The Labute approximate surface area is 91.7 Å². The van der Waals surface area contributed by atoms with Gasteiger partial charge in [0.05, 0.1) is 12.6 Å². The minimum absolute atomic E-state index is 0. The zero-order chi connectivity index (χ0) is 10.2. The molecular formula is C12H21NO2. The molecule has 1 saturated heterocycles. The van der Waals surface area contributed by atoms with E-state index >= 15 is 0 Å². The lowest BCUT2D eigenvalue weighted by atomic mass is 9.95. The first-order valence-electron chi connectivity index (χ1n) is 5.23. The molecule has 3 nitrogen and oxygen atoms in total. The van der Waals surface area contributed by atoms with Gasteiger partial charge in [-0.2, -0.15) is 0 Å². The predicted octanol–water partition coefficient (Wildman–Crippen LogP) is 1.81. The summed E-state index contributed by atoms with van der Waals surface area (Å²) in [5, 5.41) is 0. The average molecular weight is 211 g/mol. The van der Waals surface area contributed by atoms with E-state index in [0.29, 0.717) is 6.61 Å². The molecule has 86 valence electrons. The summed E-state index contributed by atoms with van der Waals surface area (Å²) in [6.07, 6.45) is 6.40. The van der Waals surface area contributed by atoms with Gasteiger partial charge < -0.3 is 10.5 Å². The van der Waals surface area contributed by atoms with Crippen LogP contribution in [-0.4, -0.2) is 24.0 Å². The molecular weight excluding hydrogens is 190 g/mol. The number of ether oxygens (including phenoxy) is 1. The Balaban J connectivity index is 0.00000112. The SMILES string of the molecule is C.C[C@]1(C(=O)[C@@H](N)CC2=CCCC2)CO1. The molecule has 15 heavy (non-hydrogen) atoms. The number of hydrogen-bond donors (Lipinski definition) is 1. The lowest BCUT2D eigenvalue weighted by molar-refractivity contribution is -0.124. The molecule has 0 aromatic carbocycles. The number of carbonyl (C=O) groups is 1. The van der Waals surface area contributed by atoms with Crippen molar-refractivity contribution in [3.63, 3.8) is 0 Å². The standard InChI is InChI=1S/C11H17NO2.CH4/c1-11(7-14-11)10(13)9(12)6-8-4-2-3-5-8;/h4,9H,2-3,5-7,12H2,1H3;1H4/t9-,11+;/m0./s1. The van der Waals surface area contributed by atoms with Crippen molar-refractivity contribution in [1.29, 1.82) is 0 Å². The normalized spacial score (nSPS) is 30.4. The van der Waals surface area contributed by atoms with Gasteiger partial charge in [0.15, 0.2) is 5.78 Å². The van der Waals surface area contributed by atoms with Gasteiger partial charge in [0.25, 0.3) is 0 Å². The summed E-state index contributed by atoms with van der Waals surface area (Å²) < 4.78 is 5.09. The van der Waals surface area contributed by atoms with Crippen LogP contribution in [0.2, 0.25) is 0 Å². The second kappa shape index (κ2) is 4.45. The molecule has 0 radical (unpaired) electrons. The van der Waals surface area contributed by atoms with Crippen molar-refractivity contribution >= 4 is 5.78 Å². The quantitative estimate of drug-likeness (QED) is 0.570. The van der Waals surface area contributed by atoms with Gasteiger partial charge in [0.1, 0.15) is 5.60 Å². The van der Waals surface area contributed by atoms with E-state index < -0.39 is 5.60 Å². The van der Waals surface area contributed by atoms with Crippen LogP contribution in [0, 0.1) is 0 Å². The Bertz CT molecular complexity index is 279. The highest BCUT2D eigenvalue weighted by atomic mass is 16.6. The topological polar surface area (TPSA) is 55.6 Å². The second-order valence-corrected chi connectivity index (χ2v) is 4.45. The summed E-state index contributed by atoms with van der Waals surface area (Å²) in [5.74, 6) is 0.0605. The second-order valence-electron chi connectivity index (χ2n) is 4.45. The maximum Gasteiger partial charge on any atom is 0.183 e. The smallest absolute Gasteiger partial charge is 0.183 e. The average Bonchev–Trinajstić information content (AvgIpc) is 2.71. The minimum Gasteiger partial charge on any atom is -0.362 e. The van der Waals surface area contributed by atoms with Gasteiger partial charge >= 0.3 is 0 Å². The number of Topliss-reactive ketones (excluding diaryl/α,β-unsaturated/α-hetero) is 1. The largest absolute Gasteiger partial charge is 0.362 e. The van der Waals surface area contributed by atoms with Crippen LogP contribution < -0.4 is 5.73 Å². The van der Waals surface area contributed by atoms with Gasteiger partial charge in [0, 0.05) is 0 Å². The molecule has 2 atom stereocenters. The highest BCUT2D eigenvalue weighted by molar-refractivity contribution is 5.93. The van der Waals surface area contributed by atoms with Crippen molar-refractivity contribution in [3.8, 4) is 0 Å². The number of carbonyl (C=O) groups excluding carboxylic acids is 1. The van der Waals surface area contributed by atoms with Crippen molar-refractivity contribution in [3.05, 3.63) is 11.6 Å². The van der Waals surface area contributed by atoms with Gasteiger partial charge in [-0.3, -0.25) is 4.79 Å². The van der Waals surface area contributed by atoms with E-state index in [1.54, 1.807) is 0 Å². The molecule has 1 aliphatic carbocycles. The third kappa shape index (κ3) is 2.67. The number of epoxide rings is 1. The summed E-state index contributed by atoms with van der Waals surface area (Å²) in [6.45, 7) is 2.36. The van der Waals surface area contributed by atoms with Crippen molar-refractivity contribution in [1.82, 2.24) is 0 Å². The molecule has 0 unspecified atom stereocenters. The highest BCUT2D eigenvalue weighted by Gasteiger charge is 2.48. The van der Waals surface area contributed by atoms with Crippen LogP contribution in [0.15, 0.2) is 11.6 Å². The van der Waals surface area contributed by atoms with Crippen molar-refractivity contribution in [2.45, 2.75) is 51.7 Å². The molecule has 3 heteroatoms. The van der Waals surface area contributed by atoms with Crippen LogP contribution in [-0.2, 0) is 9.53 Å². The summed E-state index contributed by atoms with van der Waals surface area (Å²) in [6, 6.07) is -0.369. The lowest BCUT2D eigenvalue weighted by Gasteiger charge is -2.13. The Morgan fingerprint density at radius 3 is 2.87 bits per heavy atom.